The van der Waals surface area contributed by atoms with Gasteiger partial charge in [0.15, 0.2) is 11.6 Å². The molecule has 10 heteroatoms. The highest BCUT2D eigenvalue weighted by molar-refractivity contribution is 6.08. The Morgan fingerprint density at radius 1 is 1.14 bits per heavy atom. The highest BCUT2D eigenvalue weighted by Crippen LogP contribution is 2.38. The molecule has 3 heterocycles. The van der Waals surface area contributed by atoms with Crippen molar-refractivity contribution in [3.8, 4) is 5.69 Å². The van der Waals surface area contributed by atoms with E-state index in [1.54, 1.807) is 0 Å². The topological polar surface area (TPSA) is 85.0 Å². The summed E-state index contributed by atoms with van der Waals surface area (Å²) in [4.78, 5) is 27.9. The van der Waals surface area contributed by atoms with Crippen LogP contribution < -0.4 is 15.8 Å². The summed E-state index contributed by atoms with van der Waals surface area (Å²) in [6, 6.07) is 9.53. The monoisotopic (exact) mass is 506 g/mol. The third-order valence-corrected chi connectivity index (χ3v) is 6.93. The Morgan fingerprint density at radius 2 is 1.89 bits per heavy atom. The van der Waals surface area contributed by atoms with Crippen molar-refractivity contribution in [2.24, 2.45) is 5.92 Å². The molecule has 0 saturated carbocycles. The number of carbonyl (C=O) groups is 1. The summed E-state index contributed by atoms with van der Waals surface area (Å²) in [6.45, 7) is 8.09. The normalized spacial score (nSPS) is 16.4. The van der Waals surface area contributed by atoms with Crippen molar-refractivity contribution < 1.29 is 13.6 Å². The van der Waals surface area contributed by atoms with Gasteiger partial charge in [0.05, 0.1) is 23.1 Å². The Hall–Kier alpha value is -4.08. The van der Waals surface area contributed by atoms with Crippen LogP contribution >= 0.6 is 0 Å². The Morgan fingerprint density at radius 3 is 2.57 bits per heavy atom. The molecule has 1 saturated heterocycles. The Labute approximate surface area is 212 Å². The number of nitrogens with one attached hydrogen (secondary N) is 1. The van der Waals surface area contributed by atoms with E-state index in [1.165, 1.54) is 12.1 Å². The molecule has 0 radical (unpaired) electrons. The Kier molecular flexibility index (Phi) is 6.49. The molecule has 0 aliphatic carbocycles. The van der Waals surface area contributed by atoms with Gasteiger partial charge in [0.2, 0.25) is 0 Å². The summed E-state index contributed by atoms with van der Waals surface area (Å²) in [5.41, 5.74) is 0.881. The number of rotatable bonds is 6. The summed E-state index contributed by atoms with van der Waals surface area (Å²) < 4.78 is 31.2. The third-order valence-electron chi connectivity index (χ3n) is 6.93. The molecule has 2 aromatic heterocycles. The first-order valence-electron chi connectivity index (χ1n) is 12.4. The number of halogens is 2. The average Bonchev–Trinajstić information content (AvgIpc) is 3.50. The Balaban J connectivity index is 1.55. The van der Waals surface area contributed by atoms with E-state index < -0.39 is 28.8 Å². The van der Waals surface area contributed by atoms with Crippen LogP contribution in [0.2, 0.25) is 0 Å². The fourth-order valence-corrected chi connectivity index (χ4v) is 4.78. The molecule has 5 rings (SSSR count). The van der Waals surface area contributed by atoms with Crippen molar-refractivity contribution in [3.05, 3.63) is 76.3 Å². The van der Waals surface area contributed by atoms with Crippen molar-refractivity contribution in [2.45, 2.75) is 39.7 Å². The van der Waals surface area contributed by atoms with Gasteiger partial charge in [-0.3, -0.25) is 14.3 Å². The van der Waals surface area contributed by atoms with E-state index in [2.05, 4.69) is 41.2 Å². The van der Waals surface area contributed by atoms with E-state index >= 15 is 0 Å². The quantitative estimate of drug-likeness (QED) is 0.401. The summed E-state index contributed by atoms with van der Waals surface area (Å²) >= 11 is 0. The lowest BCUT2D eigenvalue weighted by atomic mass is 10.1. The summed E-state index contributed by atoms with van der Waals surface area (Å²) in [6.07, 6.45) is 3.79. The van der Waals surface area contributed by atoms with Crippen LogP contribution in [-0.4, -0.2) is 38.6 Å². The largest absolute Gasteiger partial charge is 0.369 e. The molecule has 4 aromatic rings. The van der Waals surface area contributed by atoms with Crippen LogP contribution in [0.3, 0.4) is 0 Å². The van der Waals surface area contributed by atoms with E-state index in [1.807, 2.05) is 23.0 Å². The smallest absolute Gasteiger partial charge is 0.276 e. The molecule has 1 fully saturated rings. The van der Waals surface area contributed by atoms with Crippen molar-refractivity contribution in [1.82, 2.24) is 19.6 Å². The molecule has 0 spiro atoms. The predicted molar refractivity (Wildman–Crippen MR) is 138 cm³/mol. The van der Waals surface area contributed by atoms with E-state index in [-0.39, 0.29) is 11.7 Å². The zero-order valence-corrected chi connectivity index (χ0v) is 20.9. The van der Waals surface area contributed by atoms with Gasteiger partial charge >= 0.3 is 0 Å². The van der Waals surface area contributed by atoms with Crippen LogP contribution in [0.5, 0.6) is 0 Å². The number of aromatic nitrogens is 4. The Bertz CT molecular complexity index is 1530. The maximum atomic E-state index is 14.3. The minimum atomic E-state index is -0.957. The molecule has 1 amide bonds. The van der Waals surface area contributed by atoms with Gasteiger partial charge in [-0.1, -0.05) is 19.9 Å². The van der Waals surface area contributed by atoms with Crippen molar-refractivity contribution >= 4 is 28.2 Å². The van der Waals surface area contributed by atoms with Crippen molar-refractivity contribution in [3.63, 3.8) is 0 Å². The molecular formula is C27H28F2N6O2. The number of hydrogen-bond donors (Lipinski definition) is 1. The van der Waals surface area contributed by atoms with Crippen LogP contribution in [0.4, 0.5) is 20.2 Å². The highest BCUT2D eigenvalue weighted by atomic mass is 19.1. The molecule has 8 nitrogen and oxygen atoms in total. The second-order valence-electron chi connectivity index (χ2n) is 9.57. The van der Waals surface area contributed by atoms with Crippen LogP contribution in [0, 0.1) is 17.6 Å². The predicted octanol–water partition coefficient (Wildman–Crippen LogP) is 4.93. The zero-order chi connectivity index (χ0) is 26.3. The van der Waals surface area contributed by atoms with E-state index in [0.29, 0.717) is 16.3 Å². The maximum Gasteiger partial charge on any atom is 0.276 e. The fourth-order valence-electron chi connectivity index (χ4n) is 4.78. The van der Waals surface area contributed by atoms with Crippen molar-refractivity contribution in [1.29, 1.82) is 0 Å². The van der Waals surface area contributed by atoms with Gasteiger partial charge in [-0.2, -0.15) is 14.9 Å². The molecule has 2 atom stereocenters. The molecule has 0 unspecified atom stereocenters. The minimum Gasteiger partial charge on any atom is -0.369 e. The van der Waals surface area contributed by atoms with Crippen molar-refractivity contribution in [2.75, 3.05) is 23.3 Å². The standard InChI is InChI=1S/C27H28F2N6O2/c1-4-17(3)34-23-10-8-21(25(18(23)14-30-34)33-13-12-16(2)15-33)31-27(37)22-9-11-24(36)35(32-22)26-19(28)6-5-7-20(26)29/h5-11,14,16-17H,4,12-13,15H2,1-3H3,(H,31,37)/t16-,17-/m0/s1. The van der Waals surface area contributed by atoms with Gasteiger partial charge < -0.3 is 10.2 Å². The lowest BCUT2D eigenvalue weighted by molar-refractivity contribution is 0.102. The summed E-state index contributed by atoms with van der Waals surface area (Å²) in [7, 11) is 0. The summed E-state index contributed by atoms with van der Waals surface area (Å²) in [5.74, 6) is -2.01. The number of anilines is 2. The molecule has 1 aliphatic heterocycles. The molecule has 2 aromatic carbocycles. The highest BCUT2D eigenvalue weighted by Gasteiger charge is 2.26. The summed E-state index contributed by atoms with van der Waals surface area (Å²) in [5, 5.41) is 12.4. The van der Waals surface area contributed by atoms with E-state index in [9.17, 15) is 18.4 Å². The van der Waals surface area contributed by atoms with Crippen LogP contribution in [-0.2, 0) is 0 Å². The number of fused-ring (bicyclic) bond motifs is 1. The lowest BCUT2D eigenvalue weighted by Crippen LogP contribution is -2.27. The van der Waals surface area contributed by atoms with Gasteiger partial charge in [0.1, 0.15) is 11.4 Å². The molecular weight excluding hydrogens is 478 g/mol. The first-order valence-corrected chi connectivity index (χ1v) is 12.4. The second kappa shape index (κ2) is 9.76. The number of nitrogens with zero attached hydrogens (tertiary/aromatic N) is 5. The van der Waals surface area contributed by atoms with Gasteiger partial charge in [-0.15, -0.1) is 0 Å². The van der Waals surface area contributed by atoms with Crippen LogP contribution in [0.15, 0.2) is 53.5 Å². The second-order valence-corrected chi connectivity index (χ2v) is 9.57. The SMILES string of the molecule is CC[C@H](C)n1ncc2c(N3CC[C@H](C)C3)c(NC(=O)c3ccc(=O)n(-c4c(F)cccc4F)n3)ccc21. The fraction of sp³-hybridized carbons (Fsp3) is 0.333. The van der Waals surface area contributed by atoms with Gasteiger partial charge in [0, 0.05) is 30.6 Å². The van der Waals surface area contributed by atoms with E-state index in [0.717, 1.165) is 60.7 Å². The first kappa shape index (κ1) is 24.6. The van der Waals surface area contributed by atoms with Crippen LogP contribution in [0.1, 0.15) is 50.1 Å². The number of hydrogen-bond acceptors (Lipinski definition) is 5. The third kappa shape index (κ3) is 4.47. The minimum absolute atomic E-state index is 0.154. The number of benzene rings is 2. The van der Waals surface area contributed by atoms with Gasteiger partial charge in [-0.05, 0) is 56.0 Å². The number of para-hydroxylation sites is 1. The molecule has 1 N–H and O–H groups in total. The zero-order valence-electron chi connectivity index (χ0n) is 20.9. The lowest BCUT2D eigenvalue weighted by Gasteiger charge is -2.23. The molecule has 192 valence electrons. The molecule has 0 bridgehead atoms. The first-order chi connectivity index (χ1) is 17.8. The molecule has 1 aliphatic rings. The maximum absolute atomic E-state index is 14.3. The molecule has 37 heavy (non-hydrogen) atoms. The average molecular weight is 507 g/mol. The number of amides is 1. The van der Waals surface area contributed by atoms with Gasteiger partial charge in [-0.25, -0.2) is 8.78 Å². The number of carbonyl (C=O) groups excluding carboxylic acids is 1. The van der Waals surface area contributed by atoms with Crippen LogP contribution in [0.25, 0.3) is 16.6 Å². The van der Waals surface area contributed by atoms with E-state index in [4.69, 9.17) is 0 Å². The van der Waals surface area contributed by atoms with Gasteiger partial charge in [0.25, 0.3) is 11.5 Å².